The summed E-state index contributed by atoms with van der Waals surface area (Å²) in [7, 11) is 0. The minimum absolute atomic E-state index is 0.341. The fraction of sp³-hybridized carbons (Fsp3) is 0.333. The van der Waals surface area contributed by atoms with Crippen LogP contribution in [0.5, 0.6) is 5.75 Å². The third kappa shape index (κ3) is 5.07. The molecule has 0 aliphatic rings. The van der Waals surface area contributed by atoms with Crippen LogP contribution >= 0.6 is 0 Å². The smallest absolute Gasteiger partial charge is 0.122 e. The average Bonchev–Trinajstić information content (AvgIpc) is 2.51. The second-order valence-corrected chi connectivity index (χ2v) is 6.00. The molecule has 0 fully saturated rings. The lowest BCUT2D eigenvalue weighted by Crippen LogP contribution is -1.90. The van der Waals surface area contributed by atoms with Crippen LogP contribution in [0.3, 0.4) is 0 Å². The van der Waals surface area contributed by atoms with E-state index in [9.17, 15) is 5.11 Å². The van der Waals surface area contributed by atoms with Gasteiger partial charge in [0, 0.05) is 5.56 Å². The van der Waals surface area contributed by atoms with E-state index in [1.54, 1.807) is 6.07 Å². The molecular weight excluding hydrogens is 268 g/mol. The number of allylic oxidation sites excluding steroid dienone is 1. The predicted octanol–water partition coefficient (Wildman–Crippen LogP) is 5.77. The molecule has 116 valence electrons. The molecule has 0 unspecified atom stereocenters. The van der Waals surface area contributed by atoms with Crippen LogP contribution in [-0.2, 0) is 12.8 Å². The van der Waals surface area contributed by atoms with Crippen molar-refractivity contribution in [3.63, 3.8) is 0 Å². The molecule has 2 aromatic rings. The second-order valence-electron chi connectivity index (χ2n) is 6.00. The van der Waals surface area contributed by atoms with Crippen LogP contribution in [-0.4, -0.2) is 5.11 Å². The average molecular weight is 294 g/mol. The number of aryl methyl sites for hydroxylation is 1. The summed E-state index contributed by atoms with van der Waals surface area (Å²) in [5.41, 5.74) is 4.89. The summed E-state index contributed by atoms with van der Waals surface area (Å²) in [6, 6.07) is 16.4. The molecule has 2 aromatic carbocycles. The molecule has 0 aliphatic carbocycles. The Hall–Kier alpha value is -2.02. The van der Waals surface area contributed by atoms with E-state index in [1.165, 1.54) is 42.4 Å². The molecule has 1 nitrogen and oxygen atoms in total. The van der Waals surface area contributed by atoms with Gasteiger partial charge in [-0.25, -0.2) is 0 Å². The van der Waals surface area contributed by atoms with Gasteiger partial charge < -0.3 is 5.11 Å². The molecule has 0 amide bonds. The van der Waals surface area contributed by atoms with E-state index in [0.29, 0.717) is 5.75 Å². The molecule has 0 aromatic heterocycles. The molecule has 0 saturated carbocycles. The first-order chi connectivity index (χ1) is 10.7. The van der Waals surface area contributed by atoms with Gasteiger partial charge in [0.2, 0.25) is 0 Å². The molecule has 0 spiro atoms. The number of hydrogen-bond donors (Lipinski definition) is 1. The first-order valence-corrected chi connectivity index (χ1v) is 8.22. The van der Waals surface area contributed by atoms with Crippen molar-refractivity contribution in [1.82, 2.24) is 0 Å². The molecule has 0 aliphatic heterocycles. The van der Waals surface area contributed by atoms with E-state index in [4.69, 9.17) is 0 Å². The first-order valence-electron chi connectivity index (χ1n) is 8.22. The second kappa shape index (κ2) is 8.43. The zero-order chi connectivity index (χ0) is 15.8. The lowest BCUT2D eigenvalue weighted by atomic mass is 10.0. The normalized spacial score (nSPS) is 11.6. The number of rotatable bonds is 7. The maximum Gasteiger partial charge on any atom is 0.122 e. The molecule has 22 heavy (non-hydrogen) atoms. The van der Waals surface area contributed by atoms with Crippen molar-refractivity contribution < 1.29 is 5.11 Å². The fourth-order valence-electron chi connectivity index (χ4n) is 2.65. The maximum absolute atomic E-state index is 9.82. The van der Waals surface area contributed by atoms with Crippen LogP contribution in [0.15, 0.2) is 54.1 Å². The maximum atomic E-state index is 9.82. The number of hydrogen-bond acceptors (Lipinski definition) is 1. The van der Waals surface area contributed by atoms with Crippen molar-refractivity contribution in [2.75, 3.05) is 0 Å². The van der Waals surface area contributed by atoms with Gasteiger partial charge >= 0.3 is 0 Å². The van der Waals surface area contributed by atoms with Crippen LogP contribution in [0.25, 0.3) is 6.08 Å². The van der Waals surface area contributed by atoms with Gasteiger partial charge in [-0.05, 0) is 43.4 Å². The topological polar surface area (TPSA) is 20.2 Å². The first kappa shape index (κ1) is 16.4. The van der Waals surface area contributed by atoms with Crippen LogP contribution in [0.4, 0.5) is 0 Å². The Morgan fingerprint density at radius 1 is 0.955 bits per heavy atom. The number of benzene rings is 2. The molecule has 2 rings (SSSR count). The van der Waals surface area contributed by atoms with Gasteiger partial charge in [-0.1, -0.05) is 73.9 Å². The van der Waals surface area contributed by atoms with E-state index in [-0.39, 0.29) is 0 Å². The van der Waals surface area contributed by atoms with Crippen molar-refractivity contribution in [2.24, 2.45) is 0 Å². The predicted molar refractivity (Wildman–Crippen MR) is 95.1 cm³/mol. The van der Waals surface area contributed by atoms with Gasteiger partial charge in [-0.3, -0.25) is 0 Å². The van der Waals surface area contributed by atoms with Crippen LogP contribution < -0.4 is 0 Å². The zero-order valence-electron chi connectivity index (χ0n) is 13.7. The van der Waals surface area contributed by atoms with Crippen molar-refractivity contribution in [3.05, 3.63) is 70.8 Å². The van der Waals surface area contributed by atoms with E-state index in [1.807, 2.05) is 18.2 Å². The van der Waals surface area contributed by atoms with Gasteiger partial charge in [0.1, 0.15) is 5.75 Å². The highest BCUT2D eigenvalue weighted by Gasteiger charge is 2.00. The third-order valence-electron chi connectivity index (χ3n) is 3.91. The van der Waals surface area contributed by atoms with Gasteiger partial charge in [-0.2, -0.15) is 0 Å². The Morgan fingerprint density at radius 3 is 2.32 bits per heavy atom. The Balaban J connectivity index is 1.97. The molecule has 0 heterocycles. The summed E-state index contributed by atoms with van der Waals surface area (Å²) in [5, 5.41) is 9.82. The van der Waals surface area contributed by atoms with E-state index in [2.05, 4.69) is 44.2 Å². The molecule has 1 heteroatoms. The minimum atomic E-state index is 0.341. The number of unbranched alkanes of at least 4 members (excludes halogenated alkanes) is 2. The lowest BCUT2D eigenvalue weighted by molar-refractivity contribution is 0.474. The molecule has 0 radical (unpaired) electrons. The van der Waals surface area contributed by atoms with Crippen LogP contribution in [0.2, 0.25) is 0 Å². The SMILES string of the molecule is CCCCCc1ccc(C/C(C)=C/c2ccccc2O)cc1. The molecule has 0 bridgehead atoms. The monoisotopic (exact) mass is 294 g/mol. The van der Waals surface area contributed by atoms with Gasteiger partial charge in [0.05, 0.1) is 0 Å². The molecular formula is C21H26O. The van der Waals surface area contributed by atoms with E-state index in [0.717, 1.165) is 12.0 Å². The molecule has 0 atom stereocenters. The largest absolute Gasteiger partial charge is 0.507 e. The van der Waals surface area contributed by atoms with Crippen LogP contribution in [0.1, 0.15) is 49.8 Å². The Labute approximate surface area is 134 Å². The van der Waals surface area contributed by atoms with Gasteiger partial charge in [0.25, 0.3) is 0 Å². The molecule has 0 saturated heterocycles. The van der Waals surface area contributed by atoms with E-state index >= 15 is 0 Å². The number of aromatic hydroxyl groups is 1. The highest BCUT2D eigenvalue weighted by atomic mass is 16.3. The summed E-state index contributed by atoms with van der Waals surface area (Å²) in [6.07, 6.45) is 8.02. The van der Waals surface area contributed by atoms with Crippen molar-refractivity contribution in [2.45, 2.75) is 46.0 Å². The fourth-order valence-corrected chi connectivity index (χ4v) is 2.65. The van der Waals surface area contributed by atoms with E-state index < -0.39 is 0 Å². The number of phenols is 1. The highest BCUT2D eigenvalue weighted by molar-refractivity contribution is 5.59. The third-order valence-corrected chi connectivity index (χ3v) is 3.91. The van der Waals surface area contributed by atoms with Gasteiger partial charge in [-0.15, -0.1) is 0 Å². The standard InChI is InChI=1S/C21H26O/c1-3-4-5-8-18-11-13-19(14-12-18)15-17(2)16-20-9-6-7-10-21(20)22/h6-7,9-14,16,22H,3-5,8,15H2,1-2H3/b17-16+. The zero-order valence-corrected chi connectivity index (χ0v) is 13.7. The highest BCUT2D eigenvalue weighted by Crippen LogP contribution is 2.20. The lowest BCUT2D eigenvalue weighted by Gasteiger charge is -2.06. The van der Waals surface area contributed by atoms with Crippen LogP contribution in [0, 0.1) is 0 Å². The summed E-state index contributed by atoms with van der Waals surface area (Å²) in [6.45, 7) is 4.35. The summed E-state index contributed by atoms with van der Waals surface area (Å²) >= 11 is 0. The van der Waals surface area contributed by atoms with Crippen molar-refractivity contribution in [1.29, 1.82) is 0 Å². The molecule has 1 N–H and O–H groups in total. The Bertz CT molecular complexity index is 608. The minimum Gasteiger partial charge on any atom is -0.507 e. The number of phenolic OH excluding ortho intramolecular Hbond substituents is 1. The summed E-state index contributed by atoms with van der Waals surface area (Å²) in [4.78, 5) is 0. The van der Waals surface area contributed by atoms with Crippen molar-refractivity contribution in [3.8, 4) is 5.75 Å². The van der Waals surface area contributed by atoms with Crippen molar-refractivity contribution >= 4 is 6.08 Å². The quantitative estimate of drug-likeness (QED) is 0.643. The Morgan fingerprint density at radius 2 is 1.64 bits per heavy atom. The Kier molecular flexibility index (Phi) is 6.27. The van der Waals surface area contributed by atoms with Gasteiger partial charge in [0.15, 0.2) is 0 Å². The summed E-state index contributed by atoms with van der Waals surface area (Å²) in [5.74, 6) is 0.341. The summed E-state index contributed by atoms with van der Waals surface area (Å²) < 4.78 is 0. The number of para-hydroxylation sites is 1.